The third-order valence-corrected chi connectivity index (χ3v) is 4.02. The van der Waals surface area contributed by atoms with Crippen molar-refractivity contribution in [2.75, 3.05) is 6.54 Å². The molecule has 0 spiro atoms. The van der Waals surface area contributed by atoms with Gasteiger partial charge in [-0.3, -0.25) is 4.79 Å². The van der Waals surface area contributed by atoms with Crippen molar-refractivity contribution >= 4 is 18.3 Å². The van der Waals surface area contributed by atoms with Gasteiger partial charge in [0.25, 0.3) is 5.91 Å². The summed E-state index contributed by atoms with van der Waals surface area (Å²) >= 11 is 0. The van der Waals surface area contributed by atoms with Crippen LogP contribution in [0.3, 0.4) is 0 Å². The summed E-state index contributed by atoms with van der Waals surface area (Å²) in [5.41, 5.74) is 4.91. The Morgan fingerprint density at radius 3 is 2.23 bits per heavy atom. The lowest BCUT2D eigenvalue weighted by molar-refractivity contribution is 0.0907. The summed E-state index contributed by atoms with van der Waals surface area (Å²) in [6, 6.07) is 0.674. The van der Waals surface area contributed by atoms with E-state index in [1.165, 1.54) is 0 Å². The highest BCUT2D eigenvalue weighted by molar-refractivity contribution is 5.95. The SMILES string of the molecule is Cl.NCC(NC(=O)c1c(F)cc(F)cc1F)C1CCCCC1. The lowest BCUT2D eigenvalue weighted by atomic mass is 9.84. The molecule has 3 N–H and O–H groups in total. The van der Waals surface area contributed by atoms with E-state index in [4.69, 9.17) is 5.73 Å². The Hall–Kier alpha value is -1.27. The minimum atomic E-state index is -1.20. The molecule has 1 fully saturated rings. The molecule has 0 heterocycles. The highest BCUT2D eigenvalue weighted by Crippen LogP contribution is 2.26. The van der Waals surface area contributed by atoms with Crippen molar-refractivity contribution in [3.05, 3.63) is 35.1 Å². The highest BCUT2D eigenvalue weighted by atomic mass is 35.5. The van der Waals surface area contributed by atoms with E-state index in [1.807, 2.05) is 0 Å². The molecule has 1 aromatic carbocycles. The lowest BCUT2D eigenvalue weighted by Crippen LogP contribution is -2.46. The molecular formula is C15H20ClF3N2O. The maximum Gasteiger partial charge on any atom is 0.257 e. The van der Waals surface area contributed by atoms with Crippen molar-refractivity contribution in [3.8, 4) is 0 Å². The van der Waals surface area contributed by atoms with Crippen LogP contribution < -0.4 is 11.1 Å². The first kappa shape index (κ1) is 18.8. The van der Waals surface area contributed by atoms with Crippen molar-refractivity contribution in [1.29, 1.82) is 0 Å². The zero-order chi connectivity index (χ0) is 15.4. The molecule has 124 valence electrons. The van der Waals surface area contributed by atoms with Crippen LogP contribution in [0.5, 0.6) is 0 Å². The predicted octanol–water partition coefficient (Wildman–Crippen LogP) is 3.16. The van der Waals surface area contributed by atoms with Gasteiger partial charge in [0, 0.05) is 24.7 Å². The van der Waals surface area contributed by atoms with Crippen LogP contribution in [0.25, 0.3) is 0 Å². The highest BCUT2D eigenvalue weighted by Gasteiger charge is 2.27. The van der Waals surface area contributed by atoms with Gasteiger partial charge in [-0.25, -0.2) is 13.2 Å². The van der Waals surface area contributed by atoms with Crippen molar-refractivity contribution < 1.29 is 18.0 Å². The molecule has 1 saturated carbocycles. The normalized spacial score (nSPS) is 16.7. The number of hydrogen-bond donors (Lipinski definition) is 2. The third kappa shape index (κ3) is 4.36. The Bertz CT molecular complexity index is 499. The van der Waals surface area contributed by atoms with Crippen LogP contribution in [0.4, 0.5) is 13.2 Å². The maximum absolute atomic E-state index is 13.6. The van der Waals surface area contributed by atoms with Crippen molar-refractivity contribution in [1.82, 2.24) is 5.32 Å². The minimum Gasteiger partial charge on any atom is -0.348 e. The van der Waals surface area contributed by atoms with Crippen LogP contribution in [0.2, 0.25) is 0 Å². The van der Waals surface area contributed by atoms with Crippen molar-refractivity contribution in [3.63, 3.8) is 0 Å². The Morgan fingerprint density at radius 1 is 1.18 bits per heavy atom. The first-order valence-electron chi connectivity index (χ1n) is 7.18. The van der Waals surface area contributed by atoms with Gasteiger partial charge in [-0.2, -0.15) is 0 Å². The standard InChI is InChI=1S/C15H19F3N2O.ClH/c16-10-6-11(17)14(12(18)7-10)15(21)20-13(8-19)9-4-2-1-3-5-9;/h6-7,9,13H,1-5,8,19H2,(H,20,21);1H. The largest absolute Gasteiger partial charge is 0.348 e. The molecule has 1 aliphatic rings. The molecule has 0 saturated heterocycles. The molecule has 1 unspecified atom stereocenters. The minimum absolute atomic E-state index is 0. The number of rotatable bonds is 4. The predicted molar refractivity (Wildman–Crippen MR) is 80.4 cm³/mol. The summed E-state index contributed by atoms with van der Waals surface area (Å²) < 4.78 is 40.0. The van der Waals surface area contributed by atoms with Gasteiger partial charge >= 0.3 is 0 Å². The molecule has 0 aliphatic heterocycles. The number of carbonyl (C=O) groups is 1. The average molecular weight is 337 g/mol. The first-order chi connectivity index (χ1) is 10.0. The van der Waals surface area contributed by atoms with E-state index in [1.54, 1.807) is 0 Å². The Morgan fingerprint density at radius 2 is 1.73 bits per heavy atom. The van der Waals surface area contributed by atoms with Crippen LogP contribution in [0, 0.1) is 23.4 Å². The molecule has 2 rings (SSSR count). The van der Waals surface area contributed by atoms with E-state index in [-0.39, 0.29) is 30.9 Å². The van der Waals surface area contributed by atoms with E-state index < -0.39 is 28.9 Å². The van der Waals surface area contributed by atoms with Crippen LogP contribution in [0.15, 0.2) is 12.1 Å². The molecule has 1 aromatic rings. The molecule has 1 atom stereocenters. The zero-order valence-electron chi connectivity index (χ0n) is 12.1. The quantitative estimate of drug-likeness (QED) is 0.887. The third-order valence-electron chi connectivity index (χ3n) is 4.02. The fourth-order valence-corrected chi connectivity index (χ4v) is 2.91. The van der Waals surface area contributed by atoms with E-state index in [9.17, 15) is 18.0 Å². The number of benzene rings is 1. The fourth-order valence-electron chi connectivity index (χ4n) is 2.91. The Labute approximate surface area is 133 Å². The number of nitrogens with one attached hydrogen (secondary N) is 1. The van der Waals surface area contributed by atoms with Crippen LogP contribution in [-0.4, -0.2) is 18.5 Å². The van der Waals surface area contributed by atoms with Gasteiger partial charge in [-0.15, -0.1) is 12.4 Å². The maximum atomic E-state index is 13.6. The molecule has 0 bridgehead atoms. The van der Waals surface area contributed by atoms with E-state index in [0.29, 0.717) is 12.1 Å². The molecule has 22 heavy (non-hydrogen) atoms. The molecule has 3 nitrogen and oxygen atoms in total. The number of amides is 1. The van der Waals surface area contributed by atoms with Crippen molar-refractivity contribution in [2.45, 2.75) is 38.1 Å². The zero-order valence-corrected chi connectivity index (χ0v) is 12.9. The van der Waals surface area contributed by atoms with Gasteiger partial charge < -0.3 is 11.1 Å². The lowest BCUT2D eigenvalue weighted by Gasteiger charge is -2.30. The van der Waals surface area contributed by atoms with Gasteiger partial charge in [0.2, 0.25) is 0 Å². The first-order valence-corrected chi connectivity index (χ1v) is 7.18. The van der Waals surface area contributed by atoms with Gasteiger partial charge in [0.1, 0.15) is 23.0 Å². The second-order valence-corrected chi connectivity index (χ2v) is 5.46. The molecule has 7 heteroatoms. The second-order valence-electron chi connectivity index (χ2n) is 5.46. The van der Waals surface area contributed by atoms with Gasteiger partial charge in [0.05, 0.1) is 0 Å². The second kappa shape index (κ2) is 8.39. The number of halogens is 4. The molecule has 1 amide bonds. The molecule has 0 radical (unpaired) electrons. The summed E-state index contributed by atoms with van der Waals surface area (Å²) in [7, 11) is 0. The van der Waals surface area contributed by atoms with Gasteiger partial charge in [-0.05, 0) is 18.8 Å². The summed E-state index contributed by atoms with van der Waals surface area (Å²) in [5, 5.41) is 2.59. The topological polar surface area (TPSA) is 55.1 Å². The summed E-state index contributed by atoms with van der Waals surface area (Å²) in [5.74, 6) is -4.12. The molecular weight excluding hydrogens is 317 g/mol. The summed E-state index contributed by atoms with van der Waals surface area (Å²) in [6.45, 7) is 0.209. The summed E-state index contributed by atoms with van der Waals surface area (Å²) in [4.78, 5) is 12.0. The fraction of sp³-hybridized carbons (Fsp3) is 0.533. The number of nitrogens with two attached hydrogens (primary N) is 1. The van der Waals surface area contributed by atoms with Crippen LogP contribution in [0.1, 0.15) is 42.5 Å². The average Bonchev–Trinajstić information content (AvgIpc) is 2.44. The molecule has 0 aromatic heterocycles. The Kier molecular flexibility index (Phi) is 7.16. The number of hydrogen-bond acceptors (Lipinski definition) is 2. The smallest absolute Gasteiger partial charge is 0.257 e. The van der Waals surface area contributed by atoms with Gasteiger partial charge in [-0.1, -0.05) is 19.3 Å². The van der Waals surface area contributed by atoms with Crippen LogP contribution >= 0.6 is 12.4 Å². The van der Waals surface area contributed by atoms with Crippen molar-refractivity contribution in [2.24, 2.45) is 11.7 Å². The van der Waals surface area contributed by atoms with Gasteiger partial charge in [0.15, 0.2) is 0 Å². The van der Waals surface area contributed by atoms with E-state index in [0.717, 1.165) is 32.1 Å². The monoisotopic (exact) mass is 336 g/mol. The summed E-state index contributed by atoms with van der Waals surface area (Å²) in [6.07, 6.45) is 5.17. The molecule has 1 aliphatic carbocycles. The number of carbonyl (C=O) groups excluding carboxylic acids is 1. The Balaban J connectivity index is 0.00000242. The van der Waals surface area contributed by atoms with Crippen LogP contribution in [-0.2, 0) is 0 Å². The van der Waals surface area contributed by atoms with E-state index in [2.05, 4.69) is 5.32 Å². The van der Waals surface area contributed by atoms with E-state index >= 15 is 0 Å².